The molecule has 0 spiro atoms. The Morgan fingerprint density at radius 1 is 0.595 bits per heavy atom. The van der Waals surface area contributed by atoms with Crippen molar-refractivity contribution in [1.82, 2.24) is 50.1 Å². The molecule has 402 valence electrons. The van der Waals surface area contributed by atoms with Crippen molar-refractivity contribution in [3.05, 3.63) is 175 Å². The number of para-hydroxylation sites is 3. The second kappa shape index (κ2) is 26.8. The predicted molar refractivity (Wildman–Crippen MR) is 310 cm³/mol. The van der Waals surface area contributed by atoms with Crippen LogP contribution in [0.25, 0.3) is 59.7 Å². The van der Waals surface area contributed by atoms with Crippen molar-refractivity contribution in [2.75, 3.05) is 22.1 Å². The number of nitrogen functional groups attached to an aromatic ring is 2. The van der Waals surface area contributed by atoms with E-state index in [1.807, 2.05) is 67.0 Å². The van der Waals surface area contributed by atoms with Crippen LogP contribution in [0.5, 0.6) is 0 Å². The second-order valence-electron chi connectivity index (χ2n) is 18.5. The summed E-state index contributed by atoms with van der Waals surface area (Å²) in [6.07, 6.45) is 17.1. The quantitative estimate of drug-likeness (QED) is 0.0594. The lowest BCUT2D eigenvalue weighted by atomic mass is 9.91. The normalized spacial score (nSPS) is 16.3. The lowest BCUT2D eigenvalue weighted by Gasteiger charge is -2.30. The Hall–Kier alpha value is -9.86. The van der Waals surface area contributed by atoms with Crippen molar-refractivity contribution in [3.8, 4) is 28.2 Å². The predicted octanol–water partition coefficient (Wildman–Crippen LogP) is 10.7. The van der Waals surface area contributed by atoms with E-state index in [9.17, 15) is 9.59 Å². The third-order valence-corrected chi connectivity index (χ3v) is 13.3. The number of anilines is 4. The van der Waals surface area contributed by atoms with Crippen LogP contribution in [0.4, 0.5) is 34.6 Å². The van der Waals surface area contributed by atoms with Crippen LogP contribution in [0.1, 0.15) is 87.2 Å². The Morgan fingerprint density at radius 3 is 1.59 bits per heavy atom. The van der Waals surface area contributed by atoms with Crippen molar-refractivity contribution in [1.29, 1.82) is 0 Å². The largest absolute Gasteiger partial charge is 0.397 e. The molecule has 79 heavy (non-hydrogen) atoms. The van der Waals surface area contributed by atoms with E-state index >= 15 is 0 Å². The number of nitrogens with two attached hydrogens (primary N) is 2. The molecule has 3 aromatic carbocycles. The minimum Gasteiger partial charge on any atom is -0.397 e. The lowest BCUT2D eigenvalue weighted by Crippen LogP contribution is -2.42. The number of pyridine rings is 2. The van der Waals surface area contributed by atoms with Crippen molar-refractivity contribution in [2.45, 2.75) is 90.4 Å². The van der Waals surface area contributed by atoms with E-state index in [2.05, 4.69) is 84.7 Å². The fraction of sp³-hybridized carbons (Fsp3) is 0.241. The molecule has 9 N–H and O–H groups in total. The monoisotopic (exact) mass is 1080 g/mol. The zero-order chi connectivity index (χ0) is 53.7. The van der Waals surface area contributed by atoms with Crippen LogP contribution < -0.4 is 32.7 Å². The first kappa shape index (κ1) is 56.9. The van der Waals surface area contributed by atoms with Crippen LogP contribution in [0.3, 0.4) is 0 Å². The molecule has 2 aliphatic carbocycles. The van der Waals surface area contributed by atoms with Gasteiger partial charge in [-0.3, -0.25) is 9.59 Å². The van der Waals surface area contributed by atoms with Gasteiger partial charge >= 0.3 is 11.6 Å². The minimum absolute atomic E-state index is 0. The Kier molecular flexibility index (Phi) is 19.3. The van der Waals surface area contributed by atoms with E-state index in [-0.39, 0.29) is 50.8 Å². The molecule has 11 rings (SSSR count). The third kappa shape index (κ3) is 13.8. The van der Waals surface area contributed by atoms with Gasteiger partial charge in [0.25, 0.3) is 11.8 Å². The highest BCUT2D eigenvalue weighted by Crippen LogP contribution is 2.38. The third-order valence-electron chi connectivity index (χ3n) is 13.3. The molecule has 2 amide bonds. The fourth-order valence-electron chi connectivity index (χ4n) is 9.76. The number of nitrogens with one attached hydrogen (secondary N) is 5. The molecule has 2 fully saturated rings. The summed E-state index contributed by atoms with van der Waals surface area (Å²) < 4.78 is 18.7. The Labute approximate surface area is 461 Å². The van der Waals surface area contributed by atoms with Gasteiger partial charge in [0.15, 0.2) is 0 Å². The number of benzene rings is 3. The highest BCUT2D eigenvalue weighted by molar-refractivity contribution is 7.51. The Morgan fingerprint density at radius 2 is 1.08 bits per heavy atom. The first-order chi connectivity index (χ1) is 37.6. The summed E-state index contributed by atoms with van der Waals surface area (Å²) >= 11 is -0.750. The second-order valence-corrected chi connectivity index (χ2v) is 18.6. The Balaban J connectivity index is 0.000000215. The summed E-state index contributed by atoms with van der Waals surface area (Å²) in [7, 11) is 0. The molecule has 0 saturated heterocycles. The SMILES string of the molecule is C.C.O=S=O.[C-]#[N+]c1cnc(N[C@@H]2CCC[C@H](NC(=O)c3ccc(N)cn3)C2)nc1-c1c[nH]c2ccccc12.[C-]#[N+]c1cnc(N[C@@H]2CCC[C@H](NC(=O)c3ccc(N)cn3)C2)nc1-c1cn(-c2ccccc2)c2ccccc12. The summed E-state index contributed by atoms with van der Waals surface area (Å²) in [5.74, 6) is 0.534. The van der Waals surface area contributed by atoms with Gasteiger partial charge in [-0.15, -0.1) is 0 Å². The van der Waals surface area contributed by atoms with E-state index in [1.54, 1.807) is 36.7 Å². The van der Waals surface area contributed by atoms with Gasteiger partial charge in [-0.2, -0.15) is 8.42 Å². The van der Waals surface area contributed by atoms with Crippen LogP contribution in [-0.4, -0.2) is 83.9 Å². The topological polar surface area (TPSA) is 275 Å². The molecule has 6 aromatic heterocycles. The molecule has 2 aliphatic rings. The van der Waals surface area contributed by atoms with Gasteiger partial charge in [0.1, 0.15) is 11.4 Å². The number of amides is 2. The molecule has 0 aliphatic heterocycles. The molecule has 21 heteroatoms. The number of H-pyrrole nitrogens is 1. The van der Waals surface area contributed by atoms with E-state index in [0.717, 1.165) is 90.0 Å². The van der Waals surface area contributed by atoms with E-state index in [1.165, 1.54) is 12.4 Å². The summed E-state index contributed by atoms with van der Waals surface area (Å²) in [5.41, 5.74) is 19.9. The van der Waals surface area contributed by atoms with Crippen molar-refractivity contribution >= 4 is 79.8 Å². The molecule has 2 saturated carbocycles. The number of aromatic nitrogens is 8. The van der Waals surface area contributed by atoms with Gasteiger partial charge in [0.2, 0.25) is 23.3 Å². The van der Waals surface area contributed by atoms with Crippen molar-refractivity contribution in [3.63, 3.8) is 0 Å². The minimum atomic E-state index is -0.750. The first-order valence-electron chi connectivity index (χ1n) is 24.8. The molecule has 4 atom stereocenters. The lowest BCUT2D eigenvalue weighted by molar-refractivity contribution is 0.0913. The van der Waals surface area contributed by atoms with Crippen LogP contribution in [0, 0.1) is 13.1 Å². The van der Waals surface area contributed by atoms with E-state index < -0.39 is 11.6 Å². The number of hydrogen-bond acceptors (Lipinski definition) is 14. The number of carbonyl (C=O) groups excluding carboxylic acids is 2. The number of carbonyl (C=O) groups is 2. The summed E-state index contributed by atoms with van der Waals surface area (Å²) in [6, 6.07) is 33.0. The van der Waals surface area contributed by atoms with E-state index in [4.69, 9.17) is 43.0 Å². The van der Waals surface area contributed by atoms with Gasteiger partial charge in [-0.25, -0.2) is 39.6 Å². The summed E-state index contributed by atoms with van der Waals surface area (Å²) in [4.78, 5) is 62.5. The number of aromatic amines is 1. The molecule has 0 radical (unpaired) electrons. The molecule has 6 heterocycles. The number of rotatable bonds is 11. The zero-order valence-corrected chi connectivity index (χ0v) is 42.3. The van der Waals surface area contributed by atoms with Crippen LogP contribution in [0.2, 0.25) is 0 Å². The standard InChI is InChI=1S/C31H28N8O.C25H24N8O.2CH4.O2S/c1-33-27-18-35-31(37-22-9-7-8-21(16-22)36-30(40)26-15-14-20(32)17-34-26)38-29(27)25-19-39(23-10-3-2-4-11-23)28-13-6-5-12-24(25)28;1-27-22-14-30-25(33-23(22)19-13-29-20-8-3-2-7-18(19)20)32-17-6-4-5-16(11-17)31-24(34)21-10-9-15(26)12-28-21;;;1-3-2/h2-6,10-15,17-19,21-22H,7-9,16,32H2,(H,36,40)(H,35,37,38);2-3,7-10,12-14,16-17,29H,4-6,11,26H2,(H,31,34)(H,30,32,33);2*1H4;/t21-,22+;16-,17+;;;/m00.../s1. The number of fused-ring (bicyclic) bond motifs is 2. The molecule has 9 aromatic rings. The number of hydrogen-bond donors (Lipinski definition) is 7. The van der Waals surface area contributed by atoms with Gasteiger partial charge in [0.05, 0.1) is 53.8 Å². The van der Waals surface area contributed by atoms with E-state index in [0.29, 0.717) is 57.4 Å². The molecule has 0 unspecified atom stereocenters. The summed E-state index contributed by atoms with van der Waals surface area (Å²) in [6.45, 7) is 15.3. The van der Waals surface area contributed by atoms with Gasteiger partial charge in [-0.05, 0) is 99.9 Å². The number of nitrogens with zero attached hydrogens (tertiary/aromatic N) is 9. The molecular formula is C58H60N16O4S. The van der Waals surface area contributed by atoms with Gasteiger partial charge in [-0.1, -0.05) is 69.5 Å². The molecule has 20 nitrogen and oxygen atoms in total. The van der Waals surface area contributed by atoms with Crippen LogP contribution >= 0.6 is 0 Å². The van der Waals surface area contributed by atoms with Gasteiger partial charge < -0.3 is 42.3 Å². The van der Waals surface area contributed by atoms with Crippen LogP contribution in [-0.2, 0) is 11.6 Å². The smallest absolute Gasteiger partial charge is 0.335 e. The Bertz CT molecular complexity index is 3660. The zero-order valence-electron chi connectivity index (χ0n) is 41.5. The van der Waals surface area contributed by atoms with Gasteiger partial charge in [0, 0.05) is 82.1 Å². The van der Waals surface area contributed by atoms with Crippen molar-refractivity contribution < 1.29 is 18.0 Å². The average molecular weight is 1080 g/mol. The first-order valence-corrected chi connectivity index (χ1v) is 25.5. The maximum absolute atomic E-state index is 12.7. The highest BCUT2D eigenvalue weighted by atomic mass is 32.1. The summed E-state index contributed by atoms with van der Waals surface area (Å²) in [5, 5.41) is 15.1. The maximum Gasteiger partial charge on any atom is 0.335 e. The maximum atomic E-state index is 12.7. The fourth-order valence-corrected chi connectivity index (χ4v) is 9.76. The molecule has 0 bridgehead atoms. The van der Waals surface area contributed by atoms with Crippen LogP contribution in [0.15, 0.2) is 140 Å². The molecular weight excluding hydrogens is 1020 g/mol. The highest BCUT2D eigenvalue weighted by Gasteiger charge is 2.27. The average Bonchev–Trinajstić information content (AvgIpc) is 4.31. The van der Waals surface area contributed by atoms with Crippen molar-refractivity contribution in [2.24, 2.45) is 0 Å².